The molecular formula is C12H13ClF3NO3. The zero-order chi connectivity index (χ0) is 15.2. The van der Waals surface area contributed by atoms with E-state index in [1.165, 1.54) is 11.0 Å². The molecule has 1 N–H and O–H groups in total. The van der Waals surface area contributed by atoms with Crippen LogP contribution >= 0.6 is 11.6 Å². The Bertz CT molecular complexity index is 454. The number of carboxylic acids is 1. The van der Waals surface area contributed by atoms with Crippen molar-refractivity contribution in [3.05, 3.63) is 29.3 Å². The maximum Gasteiger partial charge on any atom is 0.411 e. The number of carbonyl (C=O) groups is 1. The van der Waals surface area contributed by atoms with Crippen LogP contribution in [0.5, 0.6) is 0 Å². The van der Waals surface area contributed by atoms with Crippen LogP contribution in [-0.4, -0.2) is 43.6 Å². The van der Waals surface area contributed by atoms with Crippen LogP contribution in [0.1, 0.15) is 0 Å². The number of halogens is 4. The molecule has 1 aromatic rings. The summed E-state index contributed by atoms with van der Waals surface area (Å²) in [4.78, 5) is 12.1. The van der Waals surface area contributed by atoms with Gasteiger partial charge in [0.1, 0.15) is 13.2 Å². The Hall–Kier alpha value is -1.47. The summed E-state index contributed by atoms with van der Waals surface area (Å²) in [6.07, 6.45) is -4.40. The van der Waals surface area contributed by atoms with Crippen LogP contribution in [-0.2, 0) is 9.53 Å². The van der Waals surface area contributed by atoms with Crippen molar-refractivity contribution in [2.24, 2.45) is 0 Å². The van der Waals surface area contributed by atoms with Crippen LogP contribution in [0.2, 0.25) is 5.02 Å². The summed E-state index contributed by atoms with van der Waals surface area (Å²) in [6, 6.07) is 6.40. The van der Waals surface area contributed by atoms with Gasteiger partial charge in [0.15, 0.2) is 0 Å². The van der Waals surface area contributed by atoms with Gasteiger partial charge in [0.05, 0.1) is 6.61 Å². The molecule has 0 unspecified atom stereocenters. The van der Waals surface area contributed by atoms with Gasteiger partial charge in [-0.3, -0.25) is 4.79 Å². The smallest absolute Gasteiger partial charge is 0.411 e. The minimum atomic E-state index is -4.40. The molecule has 0 saturated heterocycles. The molecule has 0 aliphatic heterocycles. The van der Waals surface area contributed by atoms with Gasteiger partial charge in [-0.1, -0.05) is 17.7 Å². The molecular weight excluding hydrogens is 299 g/mol. The first kappa shape index (κ1) is 16.6. The first-order valence-corrected chi connectivity index (χ1v) is 6.02. The van der Waals surface area contributed by atoms with Crippen LogP contribution in [0.3, 0.4) is 0 Å². The Balaban J connectivity index is 2.59. The predicted octanol–water partition coefficient (Wildman–Crippen LogP) is 2.81. The minimum Gasteiger partial charge on any atom is -0.480 e. The second-order valence-electron chi connectivity index (χ2n) is 3.96. The van der Waals surface area contributed by atoms with Crippen LogP contribution < -0.4 is 4.90 Å². The third-order valence-electron chi connectivity index (χ3n) is 2.27. The van der Waals surface area contributed by atoms with E-state index in [9.17, 15) is 18.0 Å². The van der Waals surface area contributed by atoms with Crippen molar-refractivity contribution in [2.75, 3.05) is 31.2 Å². The van der Waals surface area contributed by atoms with E-state index < -0.39 is 18.8 Å². The lowest BCUT2D eigenvalue weighted by Crippen LogP contribution is -2.33. The van der Waals surface area contributed by atoms with Crippen molar-refractivity contribution >= 4 is 23.3 Å². The summed E-state index contributed by atoms with van der Waals surface area (Å²) in [5.74, 6) is -1.10. The number of carboxylic acid groups (broad SMARTS) is 1. The fourth-order valence-corrected chi connectivity index (χ4v) is 1.68. The molecule has 1 aromatic carbocycles. The topological polar surface area (TPSA) is 49.8 Å². The molecule has 1 rings (SSSR count). The molecule has 0 aliphatic carbocycles. The Morgan fingerprint density at radius 1 is 1.40 bits per heavy atom. The molecule has 0 aliphatic rings. The highest BCUT2D eigenvalue weighted by molar-refractivity contribution is 6.30. The normalized spacial score (nSPS) is 11.4. The summed E-state index contributed by atoms with van der Waals surface area (Å²) >= 11 is 5.79. The first-order valence-electron chi connectivity index (χ1n) is 5.65. The molecule has 0 bridgehead atoms. The summed E-state index contributed by atoms with van der Waals surface area (Å²) in [5.41, 5.74) is 0.510. The summed E-state index contributed by atoms with van der Waals surface area (Å²) < 4.78 is 40.2. The van der Waals surface area contributed by atoms with E-state index in [0.717, 1.165) is 0 Å². The van der Waals surface area contributed by atoms with Crippen molar-refractivity contribution in [2.45, 2.75) is 6.18 Å². The quantitative estimate of drug-likeness (QED) is 0.787. The highest BCUT2D eigenvalue weighted by Gasteiger charge is 2.27. The molecule has 0 amide bonds. The van der Waals surface area contributed by atoms with Gasteiger partial charge in [-0.25, -0.2) is 0 Å². The van der Waals surface area contributed by atoms with E-state index in [-0.39, 0.29) is 19.7 Å². The van der Waals surface area contributed by atoms with E-state index in [1.54, 1.807) is 18.2 Å². The van der Waals surface area contributed by atoms with Crippen molar-refractivity contribution < 1.29 is 27.8 Å². The number of nitrogens with zero attached hydrogens (tertiary/aromatic N) is 1. The lowest BCUT2D eigenvalue weighted by Gasteiger charge is -2.23. The van der Waals surface area contributed by atoms with Crippen LogP contribution in [0.25, 0.3) is 0 Å². The third-order valence-corrected chi connectivity index (χ3v) is 2.51. The van der Waals surface area contributed by atoms with Crippen molar-refractivity contribution in [1.29, 1.82) is 0 Å². The molecule has 0 radical (unpaired) electrons. The number of hydrogen-bond acceptors (Lipinski definition) is 3. The third kappa shape index (κ3) is 6.63. The maximum atomic E-state index is 11.9. The Morgan fingerprint density at radius 2 is 2.10 bits per heavy atom. The molecule has 0 heterocycles. The number of ether oxygens (including phenoxy) is 1. The van der Waals surface area contributed by atoms with E-state index in [2.05, 4.69) is 4.74 Å². The van der Waals surface area contributed by atoms with Crippen LogP contribution in [0.4, 0.5) is 18.9 Å². The number of alkyl halides is 3. The van der Waals surface area contributed by atoms with E-state index in [0.29, 0.717) is 10.7 Å². The maximum absolute atomic E-state index is 11.9. The largest absolute Gasteiger partial charge is 0.480 e. The fourth-order valence-electron chi connectivity index (χ4n) is 1.50. The standard InChI is InChI=1S/C12H13ClF3NO3/c13-9-2-1-3-10(6-9)17(7-11(18)19)4-5-20-8-12(14,15)16/h1-3,6H,4-5,7-8H2,(H,18,19). The lowest BCUT2D eigenvalue weighted by molar-refractivity contribution is -0.173. The number of aliphatic carboxylic acids is 1. The Morgan fingerprint density at radius 3 is 2.65 bits per heavy atom. The fraction of sp³-hybridized carbons (Fsp3) is 0.417. The summed E-state index contributed by atoms with van der Waals surface area (Å²) in [7, 11) is 0. The molecule has 0 atom stereocenters. The molecule has 112 valence electrons. The number of hydrogen-bond donors (Lipinski definition) is 1. The monoisotopic (exact) mass is 311 g/mol. The van der Waals surface area contributed by atoms with Gasteiger partial charge in [-0.15, -0.1) is 0 Å². The van der Waals surface area contributed by atoms with Gasteiger partial charge in [0.25, 0.3) is 0 Å². The first-order chi connectivity index (χ1) is 9.28. The second kappa shape index (κ2) is 7.35. The highest BCUT2D eigenvalue weighted by atomic mass is 35.5. The molecule has 8 heteroatoms. The molecule has 0 spiro atoms. The van der Waals surface area contributed by atoms with Gasteiger partial charge >= 0.3 is 12.1 Å². The molecule has 0 saturated carbocycles. The zero-order valence-corrected chi connectivity index (χ0v) is 11.1. The minimum absolute atomic E-state index is 0.0166. The van der Waals surface area contributed by atoms with E-state index in [1.807, 2.05) is 0 Å². The second-order valence-corrected chi connectivity index (χ2v) is 4.40. The summed E-state index contributed by atoms with van der Waals surface area (Å²) in [6.45, 7) is -1.93. The summed E-state index contributed by atoms with van der Waals surface area (Å²) in [5, 5.41) is 9.22. The van der Waals surface area contributed by atoms with Crippen LogP contribution in [0.15, 0.2) is 24.3 Å². The highest BCUT2D eigenvalue weighted by Crippen LogP contribution is 2.19. The van der Waals surface area contributed by atoms with Crippen LogP contribution in [0, 0.1) is 0 Å². The van der Waals surface area contributed by atoms with Gasteiger partial charge in [0, 0.05) is 17.3 Å². The van der Waals surface area contributed by atoms with Crippen molar-refractivity contribution in [3.8, 4) is 0 Å². The predicted molar refractivity (Wildman–Crippen MR) is 68.2 cm³/mol. The van der Waals surface area contributed by atoms with Gasteiger partial charge < -0.3 is 14.7 Å². The number of rotatable bonds is 7. The van der Waals surface area contributed by atoms with Gasteiger partial charge in [0.2, 0.25) is 0 Å². The number of benzene rings is 1. The Kier molecular flexibility index (Phi) is 6.09. The zero-order valence-electron chi connectivity index (χ0n) is 10.4. The van der Waals surface area contributed by atoms with E-state index >= 15 is 0 Å². The molecule has 0 fully saturated rings. The number of anilines is 1. The average Bonchev–Trinajstić information content (AvgIpc) is 2.31. The molecule has 0 aromatic heterocycles. The van der Waals surface area contributed by atoms with E-state index in [4.69, 9.17) is 16.7 Å². The van der Waals surface area contributed by atoms with Gasteiger partial charge in [-0.05, 0) is 18.2 Å². The van der Waals surface area contributed by atoms with Crippen molar-refractivity contribution in [1.82, 2.24) is 0 Å². The average molecular weight is 312 g/mol. The SMILES string of the molecule is O=C(O)CN(CCOCC(F)(F)F)c1cccc(Cl)c1. The molecule has 4 nitrogen and oxygen atoms in total. The van der Waals surface area contributed by atoms with Gasteiger partial charge in [-0.2, -0.15) is 13.2 Å². The molecule has 20 heavy (non-hydrogen) atoms. The lowest BCUT2D eigenvalue weighted by atomic mass is 10.3. The Labute approximate surface area is 118 Å². The van der Waals surface area contributed by atoms with Crippen molar-refractivity contribution in [3.63, 3.8) is 0 Å².